The van der Waals surface area contributed by atoms with Crippen molar-refractivity contribution in [1.29, 1.82) is 0 Å². The third-order valence-electron chi connectivity index (χ3n) is 3.00. The minimum absolute atomic E-state index is 0.00472. The number of aromatic nitrogens is 2. The normalized spacial score (nSPS) is 10.9. The highest BCUT2D eigenvalue weighted by Crippen LogP contribution is 2.27. The lowest BCUT2D eigenvalue weighted by atomic mass is 10.2. The van der Waals surface area contributed by atoms with E-state index in [-0.39, 0.29) is 5.91 Å². The molecule has 3 heteroatoms. The molecule has 0 N–H and O–H groups in total. The van der Waals surface area contributed by atoms with Crippen molar-refractivity contribution >= 4 is 27.8 Å². The van der Waals surface area contributed by atoms with Gasteiger partial charge in [0.25, 0.3) is 0 Å². The molecule has 2 aromatic heterocycles. The van der Waals surface area contributed by atoms with Crippen LogP contribution in [0.1, 0.15) is 11.2 Å². The fourth-order valence-corrected chi connectivity index (χ4v) is 2.26. The molecule has 2 heterocycles. The van der Waals surface area contributed by atoms with Gasteiger partial charge in [0.15, 0.2) is 0 Å². The van der Waals surface area contributed by atoms with Crippen LogP contribution in [0.25, 0.3) is 21.9 Å². The van der Waals surface area contributed by atoms with Gasteiger partial charge in [0, 0.05) is 23.4 Å². The number of hydrogen-bond donors (Lipinski definition) is 0. The summed E-state index contributed by atoms with van der Waals surface area (Å²) in [5, 5.41) is 2.06. The van der Waals surface area contributed by atoms with E-state index >= 15 is 0 Å². The predicted molar refractivity (Wildman–Crippen MR) is 72.7 cm³/mol. The van der Waals surface area contributed by atoms with E-state index in [0.717, 1.165) is 16.3 Å². The van der Waals surface area contributed by atoms with E-state index in [1.54, 1.807) is 16.8 Å². The summed E-state index contributed by atoms with van der Waals surface area (Å²) in [6, 6.07) is 11.7. The van der Waals surface area contributed by atoms with Crippen molar-refractivity contribution in [2.75, 3.05) is 0 Å². The Bertz CT molecular complexity index is 702. The summed E-state index contributed by atoms with van der Waals surface area (Å²) < 4.78 is 1.67. The second-order valence-electron chi connectivity index (χ2n) is 4.11. The zero-order valence-corrected chi connectivity index (χ0v) is 9.84. The van der Waals surface area contributed by atoms with Gasteiger partial charge < -0.3 is 0 Å². The largest absolute Gasteiger partial charge is 0.274 e. The van der Waals surface area contributed by atoms with Gasteiger partial charge in [0.05, 0.1) is 5.52 Å². The molecule has 3 aromatic rings. The molecule has 1 aromatic carbocycles. The molecule has 0 fully saturated rings. The molecule has 0 atom stereocenters. The minimum Gasteiger partial charge on any atom is -0.274 e. The lowest BCUT2D eigenvalue weighted by Crippen LogP contribution is -2.09. The standard InChI is InChI=1S/C15H12N2O/c1-2-6-14(18)17-13-9-4-3-7-11(13)12-8-5-10-16-15(12)17/h2-5,7-10H,1,6H2. The van der Waals surface area contributed by atoms with Crippen LogP contribution in [-0.4, -0.2) is 15.5 Å². The first kappa shape index (κ1) is 10.7. The maximum absolute atomic E-state index is 12.2. The molecule has 88 valence electrons. The van der Waals surface area contributed by atoms with Crippen molar-refractivity contribution in [1.82, 2.24) is 9.55 Å². The second kappa shape index (κ2) is 4.11. The number of pyridine rings is 1. The number of carbonyl (C=O) groups excluding carboxylic acids is 1. The van der Waals surface area contributed by atoms with Crippen LogP contribution in [0.2, 0.25) is 0 Å². The van der Waals surface area contributed by atoms with Crippen molar-refractivity contribution in [2.45, 2.75) is 6.42 Å². The van der Waals surface area contributed by atoms with E-state index in [2.05, 4.69) is 11.6 Å². The number of carbonyl (C=O) groups is 1. The Labute approximate surface area is 104 Å². The van der Waals surface area contributed by atoms with Gasteiger partial charge in [-0.15, -0.1) is 6.58 Å². The topological polar surface area (TPSA) is 34.9 Å². The maximum atomic E-state index is 12.2. The van der Waals surface area contributed by atoms with Crippen LogP contribution in [0.15, 0.2) is 55.3 Å². The van der Waals surface area contributed by atoms with Crippen LogP contribution in [0.4, 0.5) is 0 Å². The van der Waals surface area contributed by atoms with Crippen LogP contribution in [-0.2, 0) is 0 Å². The first-order chi connectivity index (χ1) is 8.83. The van der Waals surface area contributed by atoms with Gasteiger partial charge >= 0.3 is 0 Å². The number of fused-ring (bicyclic) bond motifs is 3. The molecule has 0 aliphatic rings. The summed E-state index contributed by atoms with van der Waals surface area (Å²) in [5.41, 5.74) is 1.61. The lowest BCUT2D eigenvalue weighted by molar-refractivity contribution is 0.0927. The SMILES string of the molecule is C=CCC(=O)n1c2ccccc2c2cccnc21. The molecular weight excluding hydrogens is 224 g/mol. The lowest BCUT2D eigenvalue weighted by Gasteiger charge is -2.02. The summed E-state index contributed by atoms with van der Waals surface area (Å²) in [6.07, 6.45) is 3.63. The van der Waals surface area contributed by atoms with Crippen LogP contribution < -0.4 is 0 Å². The molecule has 0 amide bonds. The summed E-state index contributed by atoms with van der Waals surface area (Å²) in [4.78, 5) is 16.5. The third-order valence-corrected chi connectivity index (χ3v) is 3.00. The Morgan fingerprint density at radius 2 is 2.00 bits per heavy atom. The molecular formula is C15H12N2O. The number of para-hydroxylation sites is 1. The number of allylic oxidation sites excluding steroid dienone is 1. The van der Waals surface area contributed by atoms with Gasteiger partial charge in [-0.25, -0.2) is 4.98 Å². The molecule has 0 aliphatic heterocycles. The van der Waals surface area contributed by atoms with Crippen molar-refractivity contribution in [2.24, 2.45) is 0 Å². The minimum atomic E-state index is -0.00472. The molecule has 0 unspecified atom stereocenters. The van der Waals surface area contributed by atoms with Crippen LogP contribution in [0, 0.1) is 0 Å². The predicted octanol–water partition coefficient (Wildman–Crippen LogP) is 3.41. The Hall–Kier alpha value is -2.42. The van der Waals surface area contributed by atoms with Crippen molar-refractivity contribution in [3.05, 3.63) is 55.3 Å². The zero-order valence-electron chi connectivity index (χ0n) is 9.84. The van der Waals surface area contributed by atoms with Crippen molar-refractivity contribution in [3.8, 4) is 0 Å². The van der Waals surface area contributed by atoms with Gasteiger partial charge in [-0.1, -0.05) is 24.3 Å². The van der Waals surface area contributed by atoms with Gasteiger partial charge in [-0.05, 0) is 18.2 Å². The molecule has 3 rings (SSSR count). The van der Waals surface area contributed by atoms with Gasteiger partial charge in [-0.2, -0.15) is 0 Å². The third kappa shape index (κ3) is 1.44. The highest BCUT2D eigenvalue weighted by Gasteiger charge is 2.14. The summed E-state index contributed by atoms with van der Waals surface area (Å²) in [5.74, 6) is -0.00472. The van der Waals surface area contributed by atoms with Crippen LogP contribution in [0.3, 0.4) is 0 Å². The molecule has 0 aliphatic carbocycles. The molecule has 3 nitrogen and oxygen atoms in total. The van der Waals surface area contributed by atoms with E-state index in [1.807, 2.05) is 36.4 Å². The fourth-order valence-electron chi connectivity index (χ4n) is 2.26. The molecule has 18 heavy (non-hydrogen) atoms. The first-order valence-electron chi connectivity index (χ1n) is 5.81. The van der Waals surface area contributed by atoms with Gasteiger partial charge in [0.2, 0.25) is 5.91 Å². The van der Waals surface area contributed by atoms with Crippen molar-refractivity contribution < 1.29 is 4.79 Å². The summed E-state index contributed by atoms with van der Waals surface area (Å²) in [7, 11) is 0. The number of hydrogen-bond acceptors (Lipinski definition) is 2. The highest BCUT2D eigenvalue weighted by atomic mass is 16.2. The second-order valence-corrected chi connectivity index (χ2v) is 4.11. The molecule has 0 bridgehead atoms. The monoisotopic (exact) mass is 236 g/mol. The Morgan fingerprint density at radius 3 is 2.83 bits per heavy atom. The average Bonchev–Trinajstić information content (AvgIpc) is 2.73. The van der Waals surface area contributed by atoms with Gasteiger partial charge in [0.1, 0.15) is 5.65 Å². The summed E-state index contributed by atoms with van der Waals surface area (Å²) >= 11 is 0. The Morgan fingerprint density at radius 1 is 1.22 bits per heavy atom. The van der Waals surface area contributed by atoms with E-state index in [9.17, 15) is 4.79 Å². The molecule has 0 spiro atoms. The van der Waals surface area contributed by atoms with E-state index in [4.69, 9.17) is 0 Å². The van der Waals surface area contributed by atoms with Crippen molar-refractivity contribution in [3.63, 3.8) is 0 Å². The van der Waals surface area contributed by atoms with E-state index < -0.39 is 0 Å². The fraction of sp³-hybridized carbons (Fsp3) is 0.0667. The quantitative estimate of drug-likeness (QED) is 0.639. The smallest absolute Gasteiger partial charge is 0.236 e. The Kier molecular flexibility index (Phi) is 2.45. The molecule has 0 saturated heterocycles. The van der Waals surface area contributed by atoms with Crippen LogP contribution in [0.5, 0.6) is 0 Å². The number of benzene rings is 1. The molecule has 0 saturated carbocycles. The number of rotatable bonds is 2. The highest BCUT2D eigenvalue weighted by molar-refractivity contribution is 6.12. The van der Waals surface area contributed by atoms with Gasteiger partial charge in [-0.3, -0.25) is 9.36 Å². The zero-order chi connectivity index (χ0) is 12.5. The first-order valence-corrected chi connectivity index (χ1v) is 5.81. The molecule has 0 radical (unpaired) electrons. The summed E-state index contributed by atoms with van der Waals surface area (Å²) in [6.45, 7) is 3.62. The average molecular weight is 236 g/mol. The Balaban J connectivity index is 2.45. The number of nitrogens with zero attached hydrogens (tertiary/aromatic N) is 2. The maximum Gasteiger partial charge on any atom is 0.236 e. The van der Waals surface area contributed by atoms with E-state index in [1.165, 1.54) is 0 Å². The van der Waals surface area contributed by atoms with Crippen LogP contribution >= 0.6 is 0 Å². The van der Waals surface area contributed by atoms with E-state index in [0.29, 0.717) is 12.1 Å².